The van der Waals surface area contributed by atoms with Crippen LogP contribution in [0.15, 0.2) is 40.6 Å². The molecule has 1 heterocycles. The van der Waals surface area contributed by atoms with Crippen molar-refractivity contribution >= 4 is 44.8 Å². The van der Waals surface area contributed by atoms with Crippen molar-refractivity contribution in [3.05, 3.63) is 51.2 Å². The Hall–Kier alpha value is -1.94. The summed E-state index contributed by atoms with van der Waals surface area (Å²) in [6.45, 7) is 3.39. The van der Waals surface area contributed by atoms with E-state index in [1.165, 1.54) is 36.6 Å². The number of hydrogen-bond acceptors (Lipinski definition) is 6. The molecule has 0 bridgehead atoms. The van der Waals surface area contributed by atoms with E-state index < -0.39 is 27.9 Å². The first-order chi connectivity index (χ1) is 13.1. The first-order valence-corrected chi connectivity index (χ1v) is 11.1. The number of carbonyl (C=O) groups is 2. The van der Waals surface area contributed by atoms with Gasteiger partial charge in [0.1, 0.15) is 0 Å². The zero-order valence-corrected chi connectivity index (χ0v) is 18.0. The summed E-state index contributed by atoms with van der Waals surface area (Å²) in [6, 6.07) is 6.56. The highest BCUT2D eigenvalue weighted by Crippen LogP contribution is 2.25. The van der Waals surface area contributed by atoms with Crippen molar-refractivity contribution in [1.29, 1.82) is 0 Å². The van der Waals surface area contributed by atoms with Gasteiger partial charge in [0.25, 0.3) is 5.91 Å². The van der Waals surface area contributed by atoms with E-state index in [2.05, 4.69) is 10.0 Å². The number of benzene rings is 1. The number of carbonyl (C=O) groups excluding carboxylic acids is 2. The standard InChI is InChI=1S/C18H21ClN2O5S2/c1-11(2)21-28(24,25)12-6-7-14(19)13(9-12)18(23)20-15(10-17(22)26-3)16-5-4-8-27-16/h4-9,11,15,21H,10H2,1-3H3,(H,20,23)/t15-/m0/s1. The summed E-state index contributed by atoms with van der Waals surface area (Å²) in [6.07, 6.45) is -0.0622. The minimum atomic E-state index is -3.79. The number of thiophene rings is 1. The second-order valence-electron chi connectivity index (χ2n) is 6.24. The van der Waals surface area contributed by atoms with Crippen LogP contribution in [0.4, 0.5) is 0 Å². The number of amides is 1. The van der Waals surface area contributed by atoms with Crippen molar-refractivity contribution in [3.63, 3.8) is 0 Å². The van der Waals surface area contributed by atoms with E-state index in [1.54, 1.807) is 26.0 Å². The smallest absolute Gasteiger partial charge is 0.307 e. The SMILES string of the molecule is COC(=O)C[C@H](NC(=O)c1cc(S(=O)(=O)NC(C)C)ccc1Cl)c1cccs1. The van der Waals surface area contributed by atoms with Gasteiger partial charge in [-0.3, -0.25) is 9.59 Å². The van der Waals surface area contributed by atoms with E-state index in [0.717, 1.165) is 4.88 Å². The number of methoxy groups -OCH3 is 1. The average Bonchev–Trinajstić information content (AvgIpc) is 3.14. The Bertz CT molecular complexity index is 943. The first kappa shape index (κ1) is 22.4. The van der Waals surface area contributed by atoms with Gasteiger partial charge >= 0.3 is 5.97 Å². The number of ether oxygens (including phenoxy) is 1. The Morgan fingerprint density at radius 1 is 1.25 bits per heavy atom. The molecule has 152 valence electrons. The fourth-order valence-corrected chi connectivity index (χ4v) is 4.68. The Labute approximate surface area is 173 Å². The normalized spacial score (nSPS) is 12.6. The molecule has 1 aromatic heterocycles. The molecule has 0 unspecified atom stereocenters. The largest absolute Gasteiger partial charge is 0.469 e. The van der Waals surface area contributed by atoms with Crippen LogP contribution in [0.1, 0.15) is 41.5 Å². The quantitative estimate of drug-likeness (QED) is 0.609. The molecule has 2 N–H and O–H groups in total. The van der Waals surface area contributed by atoms with Gasteiger partial charge in [0.2, 0.25) is 10.0 Å². The summed E-state index contributed by atoms with van der Waals surface area (Å²) in [5, 5.41) is 4.66. The van der Waals surface area contributed by atoms with Crippen LogP contribution < -0.4 is 10.0 Å². The van der Waals surface area contributed by atoms with Gasteiger partial charge in [-0.1, -0.05) is 17.7 Å². The number of hydrogen-bond donors (Lipinski definition) is 2. The first-order valence-electron chi connectivity index (χ1n) is 8.37. The van der Waals surface area contributed by atoms with Gasteiger partial charge in [-0.2, -0.15) is 0 Å². The van der Waals surface area contributed by atoms with Crippen LogP contribution in [-0.2, 0) is 19.6 Å². The highest BCUT2D eigenvalue weighted by Gasteiger charge is 2.24. The fourth-order valence-electron chi connectivity index (χ4n) is 2.42. The Kier molecular flexibility index (Phi) is 7.59. The molecule has 0 saturated heterocycles. The molecule has 0 aliphatic carbocycles. The predicted octanol–water partition coefficient (Wildman–Crippen LogP) is 3.12. The van der Waals surface area contributed by atoms with Crippen molar-refractivity contribution in [1.82, 2.24) is 10.0 Å². The molecule has 2 aromatic rings. The molecule has 0 aliphatic rings. The van der Waals surface area contributed by atoms with Crippen molar-refractivity contribution in [3.8, 4) is 0 Å². The molecule has 1 aromatic carbocycles. The predicted molar refractivity (Wildman–Crippen MR) is 108 cm³/mol. The van der Waals surface area contributed by atoms with E-state index in [1.807, 2.05) is 5.38 Å². The van der Waals surface area contributed by atoms with Crippen LogP contribution in [0.2, 0.25) is 5.02 Å². The zero-order valence-electron chi connectivity index (χ0n) is 15.6. The highest BCUT2D eigenvalue weighted by molar-refractivity contribution is 7.89. The lowest BCUT2D eigenvalue weighted by atomic mass is 10.1. The van der Waals surface area contributed by atoms with Gasteiger partial charge in [-0.25, -0.2) is 13.1 Å². The van der Waals surface area contributed by atoms with Gasteiger partial charge in [-0.05, 0) is 43.5 Å². The van der Waals surface area contributed by atoms with Gasteiger partial charge in [0, 0.05) is 10.9 Å². The van der Waals surface area contributed by atoms with Crippen molar-refractivity contribution < 1.29 is 22.7 Å². The van der Waals surface area contributed by atoms with Gasteiger partial charge in [-0.15, -0.1) is 11.3 Å². The van der Waals surface area contributed by atoms with E-state index in [-0.39, 0.29) is 27.9 Å². The van der Waals surface area contributed by atoms with E-state index in [4.69, 9.17) is 16.3 Å². The highest BCUT2D eigenvalue weighted by atomic mass is 35.5. The van der Waals surface area contributed by atoms with E-state index in [0.29, 0.717) is 0 Å². The minimum absolute atomic E-state index is 0.000260. The van der Waals surface area contributed by atoms with Crippen LogP contribution in [0.25, 0.3) is 0 Å². The zero-order chi connectivity index (χ0) is 20.9. The molecule has 7 nitrogen and oxygen atoms in total. The minimum Gasteiger partial charge on any atom is -0.469 e. The van der Waals surface area contributed by atoms with Gasteiger partial charge < -0.3 is 10.1 Å². The number of rotatable bonds is 8. The summed E-state index contributed by atoms with van der Waals surface area (Å²) in [5.74, 6) is -1.07. The van der Waals surface area contributed by atoms with Crippen molar-refractivity contribution in [2.24, 2.45) is 0 Å². The number of halogens is 1. The van der Waals surface area contributed by atoms with E-state index in [9.17, 15) is 18.0 Å². The maximum atomic E-state index is 12.8. The molecule has 0 spiro atoms. The number of esters is 1. The van der Waals surface area contributed by atoms with Gasteiger partial charge in [0.05, 0.1) is 35.1 Å². The third-order valence-electron chi connectivity index (χ3n) is 3.67. The lowest BCUT2D eigenvalue weighted by molar-refractivity contribution is -0.141. The third-order valence-corrected chi connectivity index (χ3v) is 6.65. The topological polar surface area (TPSA) is 102 Å². The Balaban J connectivity index is 2.31. The molecular weight excluding hydrogens is 424 g/mol. The van der Waals surface area contributed by atoms with E-state index >= 15 is 0 Å². The van der Waals surface area contributed by atoms with Crippen LogP contribution in [0.3, 0.4) is 0 Å². The maximum absolute atomic E-state index is 12.8. The number of nitrogens with one attached hydrogen (secondary N) is 2. The van der Waals surface area contributed by atoms with Crippen molar-refractivity contribution in [2.45, 2.75) is 37.2 Å². The summed E-state index contributed by atoms with van der Waals surface area (Å²) >= 11 is 7.50. The van der Waals surface area contributed by atoms with Crippen LogP contribution >= 0.6 is 22.9 Å². The lowest BCUT2D eigenvalue weighted by Gasteiger charge is -2.17. The molecule has 1 atom stereocenters. The van der Waals surface area contributed by atoms with Gasteiger partial charge in [0.15, 0.2) is 0 Å². The van der Waals surface area contributed by atoms with Crippen molar-refractivity contribution in [2.75, 3.05) is 7.11 Å². The van der Waals surface area contributed by atoms with Crippen LogP contribution in [0, 0.1) is 0 Å². The summed E-state index contributed by atoms with van der Waals surface area (Å²) in [4.78, 5) is 25.2. The van der Waals surface area contributed by atoms with Crippen LogP contribution in [0.5, 0.6) is 0 Å². The second kappa shape index (κ2) is 9.51. The molecule has 2 rings (SSSR count). The third kappa shape index (κ3) is 5.78. The molecule has 28 heavy (non-hydrogen) atoms. The molecule has 10 heteroatoms. The lowest BCUT2D eigenvalue weighted by Crippen LogP contribution is -2.32. The molecule has 1 amide bonds. The fraction of sp³-hybridized carbons (Fsp3) is 0.333. The molecule has 0 radical (unpaired) electrons. The summed E-state index contributed by atoms with van der Waals surface area (Å²) in [7, 11) is -2.52. The maximum Gasteiger partial charge on any atom is 0.307 e. The Morgan fingerprint density at radius 3 is 2.54 bits per heavy atom. The summed E-state index contributed by atoms with van der Waals surface area (Å²) < 4.78 is 31.9. The Morgan fingerprint density at radius 2 is 1.96 bits per heavy atom. The van der Waals surface area contributed by atoms with Crippen LogP contribution in [-0.4, -0.2) is 33.4 Å². The number of sulfonamides is 1. The average molecular weight is 445 g/mol. The molecular formula is C18H21ClN2O5S2. The summed E-state index contributed by atoms with van der Waals surface area (Å²) in [5.41, 5.74) is -0.000260. The molecule has 0 aliphatic heterocycles. The monoisotopic (exact) mass is 444 g/mol. The second-order valence-corrected chi connectivity index (χ2v) is 9.34. The molecule has 0 fully saturated rings. The molecule has 0 saturated carbocycles.